The van der Waals surface area contributed by atoms with Crippen LogP contribution in [0, 0.1) is 39.4 Å². The Morgan fingerprint density at radius 3 is 2.29 bits per heavy atom. The van der Waals surface area contributed by atoms with E-state index in [1.165, 1.54) is 0 Å². The molecule has 134 valence electrons. The Labute approximate surface area is 168 Å². The molecule has 0 aromatic heterocycles. The fraction of sp³-hybridized carbons (Fsp3) is 0.174. The predicted molar refractivity (Wildman–Crippen MR) is 106 cm³/mol. The van der Waals surface area contributed by atoms with Gasteiger partial charge in [0, 0.05) is 16.5 Å². The fourth-order valence-electron chi connectivity index (χ4n) is 4.38. The first-order valence-electron chi connectivity index (χ1n) is 8.87. The van der Waals surface area contributed by atoms with Gasteiger partial charge < -0.3 is 5.73 Å². The molecule has 28 heavy (non-hydrogen) atoms. The lowest BCUT2D eigenvalue weighted by atomic mass is 9.59. The minimum atomic E-state index is -1.63. The van der Waals surface area contributed by atoms with Crippen LogP contribution in [0.15, 0.2) is 65.4 Å². The van der Waals surface area contributed by atoms with Crippen molar-refractivity contribution in [3.05, 3.63) is 87.1 Å². The average molecular weight is 383 g/mol. The maximum absolute atomic E-state index is 10.1. The molecule has 0 saturated heterocycles. The van der Waals surface area contributed by atoms with E-state index in [0.717, 1.165) is 34.3 Å². The minimum Gasteiger partial charge on any atom is -0.399 e. The monoisotopic (exact) mass is 382 g/mol. The van der Waals surface area contributed by atoms with Gasteiger partial charge in [-0.15, -0.1) is 0 Å². The van der Waals surface area contributed by atoms with Crippen molar-refractivity contribution in [2.45, 2.75) is 18.8 Å². The topological polar surface area (TPSA) is 97.4 Å². The average Bonchev–Trinajstić information content (AvgIpc) is 2.74. The number of hydrogen-bond donors (Lipinski definition) is 1. The Balaban J connectivity index is 2.09. The standard InChI is InChI=1S/C23H15ClN4/c24-16-8-5-15(6-9-16)21-18-10-7-14-3-1-2-4-17(14)20(18)19(11-25)22(28)23(21,12-26)13-27/h1-6,8-9,21H,7,10,28H2. The van der Waals surface area contributed by atoms with E-state index in [1.54, 1.807) is 12.1 Å². The zero-order valence-corrected chi connectivity index (χ0v) is 15.7. The van der Waals surface area contributed by atoms with Gasteiger partial charge in [-0.1, -0.05) is 53.6 Å². The van der Waals surface area contributed by atoms with Crippen LogP contribution in [0.25, 0.3) is 5.57 Å². The molecule has 2 aliphatic rings. The molecule has 0 aliphatic heterocycles. The van der Waals surface area contributed by atoms with Gasteiger partial charge in [0.05, 0.1) is 23.4 Å². The molecule has 0 fully saturated rings. The van der Waals surface area contributed by atoms with Crippen molar-refractivity contribution < 1.29 is 0 Å². The highest BCUT2D eigenvalue weighted by Gasteiger charge is 2.51. The van der Waals surface area contributed by atoms with Gasteiger partial charge in [-0.25, -0.2) is 0 Å². The van der Waals surface area contributed by atoms with Gasteiger partial charge in [-0.05, 0) is 41.7 Å². The molecule has 4 nitrogen and oxygen atoms in total. The molecule has 0 radical (unpaired) electrons. The van der Waals surface area contributed by atoms with Crippen molar-refractivity contribution in [3.63, 3.8) is 0 Å². The van der Waals surface area contributed by atoms with Gasteiger partial charge >= 0.3 is 0 Å². The number of hydrogen-bond acceptors (Lipinski definition) is 4. The maximum Gasteiger partial charge on any atom is 0.194 e. The molecule has 0 heterocycles. The van der Waals surface area contributed by atoms with Crippen LogP contribution in [-0.2, 0) is 6.42 Å². The first kappa shape index (κ1) is 17.9. The minimum absolute atomic E-state index is 0.0235. The molecule has 0 saturated carbocycles. The molecule has 2 aliphatic carbocycles. The molecular weight excluding hydrogens is 368 g/mol. The lowest BCUT2D eigenvalue weighted by molar-refractivity contribution is 0.497. The molecule has 0 bridgehead atoms. The molecule has 0 spiro atoms. The summed E-state index contributed by atoms with van der Waals surface area (Å²) in [6.07, 6.45) is 1.44. The summed E-state index contributed by atoms with van der Waals surface area (Å²) in [6.45, 7) is 0. The summed E-state index contributed by atoms with van der Waals surface area (Å²) in [5, 5.41) is 30.6. The quantitative estimate of drug-likeness (QED) is 0.778. The van der Waals surface area contributed by atoms with Crippen LogP contribution in [0.1, 0.15) is 29.0 Å². The molecule has 4 rings (SSSR count). The first-order valence-corrected chi connectivity index (χ1v) is 9.25. The maximum atomic E-state index is 10.1. The second-order valence-electron chi connectivity index (χ2n) is 6.97. The van der Waals surface area contributed by atoms with Crippen LogP contribution in [0.2, 0.25) is 5.02 Å². The van der Waals surface area contributed by atoms with Crippen molar-refractivity contribution >= 4 is 17.2 Å². The number of allylic oxidation sites excluding steroid dienone is 4. The van der Waals surface area contributed by atoms with Gasteiger partial charge in [-0.2, -0.15) is 15.8 Å². The third-order valence-electron chi connectivity index (χ3n) is 5.66. The van der Waals surface area contributed by atoms with E-state index in [2.05, 4.69) is 18.2 Å². The Bertz CT molecular complexity index is 1150. The third-order valence-corrected chi connectivity index (χ3v) is 5.92. The number of fused-ring (bicyclic) bond motifs is 2. The number of nitrogens with zero attached hydrogens (tertiary/aromatic N) is 3. The normalized spacial score (nSPS) is 19.7. The fourth-order valence-corrected chi connectivity index (χ4v) is 4.51. The lowest BCUT2D eigenvalue weighted by Gasteiger charge is -2.40. The summed E-state index contributed by atoms with van der Waals surface area (Å²) in [5.74, 6) is -0.555. The molecule has 1 atom stereocenters. The van der Waals surface area contributed by atoms with Gasteiger partial charge in [0.2, 0.25) is 0 Å². The van der Waals surface area contributed by atoms with E-state index in [4.69, 9.17) is 17.3 Å². The molecule has 0 amide bonds. The Hall–Kier alpha value is -3.52. The van der Waals surface area contributed by atoms with Crippen LogP contribution in [0.3, 0.4) is 0 Å². The number of nitrogens with two attached hydrogens (primary N) is 1. The lowest BCUT2D eigenvalue weighted by Crippen LogP contribution is -2.38. The van der Waals surface area contributed by atoms with E-state index in [9.17, 15) is 15.8 Å². The summed E-state index contributed by atoms with van der Waals surface area (Å²) in [7, 11) is 0. The van der Waals surface area contributed by atoms with Gasteiger partial charge in [0.25, 0.3) is 0 Å². The molecule has 2 aromatic rings. The zero-order valence-electron chi connectivity index (χ0n) is 14.9. The molecule has 2 N–H and O–H groups in total. The van der Waals surface area contributed by atoms with Crippen molar-refractivity contribution in [1.29, 1.82) is 15.8 Å². The zero-order chi connectivity index (χ0) is 19.9. The Morgan fingerprint density at radius 2 is 1.64 bits per heavy atom. The highest BCUT2D eigenvalue weighted by Crippen LogP contribution is 2.55. The van der Waals surface area contributed by atoms with Crippen molar-refractivity contribution in [2.24, 2.45) is 11.1 Å². The number of halogens is 1. The summed E-state index contributed by atoms with van der Waals surface area (Å²) < 4.78 is 0. The summed E-state index contributed by atoms with van der Waals surface area (Å²) >= 11 is 6.05. The van der Waals surface area contributed by atoms with Crippen molar-refractivity contribution in [2.75, 3.05) is 0 Å². The predicted octanol–water partition coefficient (Wildman–Crippen LogP) is 4.61. The SMILES string of the molecule is N#CC1=C(N)C(C#N)(C#N)C(c2ccc(Cl)cc2)C2=C1c1ccccc1CC2. The van der Waals surface area contributed by atoms with Gasteiger partial charge in [0.1, 0.15) is 6.07 Å². The van der Waals surface area contributed by atoms with E-state index in [0.29, 0.717) is 11.4 Å². The van der Waals surface area contributed by atoms with E-state index in [-0.39, 0.29) is 11.3 Å². The number of aryl methyl sites for hydroxylation is 1. The highest BCUT2D eigenvalue weighted by atomic mass is 35.5. The van der Waals surface area contributed by atoms with Crippen molar-refractivity contribution in [3.8, 4) is 18.2 Å². The van der Waals surface area contributed by atoms with Crippen LogP contribution in [0.4, 0.5) is 0 Å². The highest BCUT2D eigenvalue weighted by molar-refractivity contribution is 6.30. The number of benzene rings is 2. The molecule has 5 heteroatoms. The van der Waals surface area contributed by atoms with Crippen LogP contribution >= 0.6 is 11.6 Å². The van der Waals surface area contributed by atoms with Gasteiger partial charge in [0.15, 0.2) is 5.41 Å². The molecular formula is C23H15ClN4. The van der Waals surface area contributed by atoms with Gasteiger partial charge in [-0.3, -0.25) is 0 Å². The first-order chi connectivity index (χ1) is 13.6. The number of rotatable bonds is 1. The molecule has 2 aromatic carbocycles. The summed E-state index contributed by atoms with van der Waals surface area (Å²) in [6, 6.07) is 21.5. The molecule has 1 unspecified atom stereocenters. The summed E-state index contributed by atoms with van der Waals surface area (Å²) in [4.78, 5) is 0. The van der Waals surface area contributed by atoms with Crippen LogP contribution < -0.4 is 5.73 Å². The second-order valence-corrected chi connectivity index (χ2v) is 7.41. The smallest absolute Gasteiger partial charge is 0.194 e. The second kappa shape index (κ2) is 6.58. The van der Waals surface area contributed by atoms with E-state index >= 15 is 0 Å². The number of nitriles is 3. The largest absolute Gasteiger partial charge is 0.399 e. The van der Waals surface area contributed by atoms with E-state index in [1.807, 2.05) is 36.4 Å². The van der Waals surface area contributed by atoms with E-state index < -0.39 is 11.3 Å². The third kappa shape index (κ3) is 2.35. The van der Waals surface area contributed by atoms with Crippen LogP contribution in [-0.4, -0.2) is 0 Å². The van der Waals surface area contributed by atoms with Crippen LogP contribution in [0.5, 0.6) is 0 Å². The van der Waals surface area contributed by atoms with Crippen molar-refractivity contribution in [1.82, 2.24) is 0 Å². The Morgan fingerprint density at radius 1 is 0.964 bits per heavy atom. The Kier molecular flexibility index (Phi) is 4.20. The summed E-state index contributed by atoms with van der Waals surface area (Å²) in [5.41, 5.74) is 9.54.